The van der Waals surface area contributed by atoms with E-state index in [4.69, 9.17) is 9.47 Å². The summed E-state index contributed by atoms with van der Waals surface area (Å²) in [6.45, 7) is 3.43. The highest BCUT2D eigenvalue weighted by molar-refractivity contribution is 9.10. The van der Waals surface area contributed by atoms with E-state index in [9.17, 15) is 14.0 Å². The van der Waals surface area contributed by atoms with Crippen molar-refractivity contribution in [3.63, 3.8) is 0 Å². The first-order valence-corrected chi connectivity index (χ1v) is 7.91. The maximum atomic E-state index is 13.5. The molecule has 0 spiro atoms. The highest BCUT2D eigenvalue weighted by atomic mass is 79.9. The Labute approximate surface area is 147 Å². The van der Waals surface area contributed by atoms with Crippen LogP contribution in [0.3, 0.4) is 0 Å². The summed E-state index contributed by atoms with van der Waals surface area (Å²) in [5.41, 5.74) is 2.24. The Bertz CT molecular complexity index is 732. The molecule has 0 bridgehead atoms. The summed E-state index contributed by atoms with van der Waals surface area (Å²) >= 11 is 3.31. The summed E-state index contributed by atoms with van der Waals surface area (Å²) in [6.07, 6.45) is 0. The Hall–Kier alpha value is -2.15. The van der Waals surface area contributed by atoms with Gasteiger partial charge in [0.2, 0.25) is 0 Å². The van der Waals surface area contributed by atoms with Gasteiger partial charge < -0.3 is 14.8 Å². The molecule has 1 N–H and O–H groups in total. The van der Waals surface area contributed by atoms with Crippen LogP contribution in [0.15, 0.2) is 45.2 Å². The third-order valence-electron chi connectivity index (χ3n) is 3.84. The molecule has 5 nitrogen and oxygen atoms in total. The average Bonchev–Trinajstić information content (AvgIpc) is 2.53. The number of ether oxygens (including phenoxy) is 2. The molecule has 128 valence electrons. The molecule has 7 heteroatoms. The molecule has 0 fully saturated rings. The minimum atomic E-state index is -0.735. The van der Waals surface area contributed by atoms with Crippen molar-refractivity contribution in [2.75, 3.05) is 14.2 Å². The smallest absolute Gasteiger partial charge is 0.336 e. The van der Waals surface area contributed by atoms with Crippen molar-refractivity contribution in [3.8, 4) is 0 Å². The number of rotatable bonds is 3. The van der Waals surface area contributed by atoms with Gasteiger partial charge in [0, 0.05) is 15.9 Å². The molecule has 0 saturated heterocycles. The molecule has 0 unspecified atom stereocenters. The largest absolute Gasteiger partial charge is 0.466 e. The van der Waals surface area contributed by atoms with Gasteiger partial charge in [0.1, 0.15) is 5.82 Å². The van der Waals surface area contributed by atoms with E-state index in [1.807, 2.05) is 0 Å². The van der Waals surface area contributed by atoms with Crippen LogP contribution in [0.2, 0.25) is 0 Å². The fourth-order valence-corrected chi connectivity index (χ4v) is 3.38. The number of halogens is 2. The number of benzene rings is 1. The Morgan fingerprint density at radius 3 is 2.00 bits per heavy atom. The van der Waals surface area contributed by atoms with Gasteiger partial charge in [-0.25, -0.2) is 14.0 Å². The molecular formula is C17H17BrFNO4. The standard InChI is InChI=1S/C17H17BrFNO4/c1-8-13(16(21)23-3)15(11-6-5-10(19)7-12(11)18)14(9(2)20-8)17(22)24-4/h5-7,15,20H,1-4H3. The lowest BCUT2D eigenvalue weighted by Crippen LogP contribution is -2.32. The predicted octanol–water partition coefficient (Wildman–Crippen LogP) is 3.17. The molecule has 0 atom stereocenters. The van der Waals surface area contributed by atoms with E-state index in [-0.39, 0.29) is 11.1 Å². The first-order chi connectivity index (χ1) is 11.3. The summed E-state index contributed by atoms with van der Waals surface area (Å²) < 4.78 is 23.6. The number of carbonyl (C=O) groups is 2. The molecule has 1 aromatic rings. The zero-order chi connectivity index (χ0) is 18.0. The van der Waals surface area contributed by atoms with Crippen LogP contribution in [-0.2, 0) is 19.1 Å². The highest BCUT2D eigenvalue weighted by Gasteiger charge is 2.38. The van der Waals surface area contributed by atoms with Gasteiger partial charge in [-0.3, -0.25) is 0 Å². The average molecular weight is 398 g/mol. The van der Waals surface area contributed by atoms with Crippen LogP contribution in [0.5, 0.6) is 0 Å². The number of hydrogen-bond donors (Lipinski definition) is 1. The molecule has 0 aromatic heterocycles. The Kier molecular flexibility index (Phi) is 5.43. The number of carbonyl (C=O) groups excluding carboxylic acids is 2. The van der Waals surface area contributed by atoms with Gasteiger partial charge in [-0.2, -0.15) is 0 Å². The summed E-state index contributed by atoms with van der Waals surface area (Å²) in [4.78, 5) is 24.6. The number of allylic oxidation sites excluding steroid dienone is 2. The normalized spacial score (nSPS) is 15.2. The number of methoxy groups -OCH3 is 2. The lowest BCUT2D eigenvalue weighted by molar-refractivity contribution is -0.137. The summed E-state index contributed by atoms with van der Waals surface area (Å²) in [6, 6.07) is 4.09. The van der Waals surface area contributed by atoms with E-state index in [0.29, 0.717) is 21.4 Å². The number of hydrogen-bond acceptors (Lipinski definition) is 5. The van der Waals surface area contributed by atoms with Gasteiger partial charge in [-0.1, -0.05) is 22.0 Å². The van der Waals surface area contributed by atoms with Gasteiger partial charge in [0.15, 0.2) is 0 Å². The van der Waals surface area contributed by atoms with Gasteiger partial charge in [0.05, 0.1) is 31.3 Å². The van der Waals surface area contributed by atoms with E-state index in [2.05, 4.69) is 21.2 Å². The lowest BCUT2D eigenvalue weighted by Gasteiger charge is -2.30. The molecule has 0 aliphatic carbocycles. The first-order valence-electron chi connectivity index (χ1n) is 7.12. The van der Waals surface area contributed by atoms with E-state index in [0.717, 1.165) is 0 Å². The summed E-state index contributed by atoms with van der Waals surface area (Å²) in [5, 5.41) is 3.01. The second-order valence-corrected chi connectivity index (χ2v) is 6.14. The quantitative estimate of drug-likeness (QED) is 0.793. The van der Waals surface area contributed by atoms with Gasteiger partial charge in [-0.15, -0.1) is 0 Å². The molecule has 1 heterocycles. The zero-order valence-electron chi connectivity index (χ0n) is 13.7. The zero-order valence-corrected chi connectivity index (χ0v) is 15.3. The molecule has 0 saturated carbocycles. The fourth-order valence-electron chi connectivity index (χ4n) is 2.80. The molecular weight excluding hydrogens is 381 g/mol. The lowest BCUT2D eigenvalue weighted by atomic mass is 9.80. The Morgan fingerprint density at radius 1 is 1.08 bits per heavy atom. The van der Waals surface area contributed by atoms with Crippen LogP contribution in [0.1, 0.15) is 25.3 Å². The SMILES string of the molecule is COC(=O)C1=C(C)NC(C)=C(C(=O)OC)C1c1ccc(F)cc1Br. The second-order valence-electron chi connectivity index (χ2n) is 5.28. The van der Waals surface area contributed by atoms with E-state index < -0.39 is 23.7 Å². The first kappa shape index (κ1) is 18.2. The Balaban J connectivity index is 2.74. The summed E-state index contributed by atoms with van der Waals surface area (Å²) in [7, 11) is 2.53. The second kappa shape index (κ2) is 7.17. The molecule has 24 heavy (non-hydrogen) atoms. The fraction of sp³-hybridized carbons (Fsp3) is 0.294. The molecule has 0 radical (unpaired) electrons. The van der Waals surface area contributed by atoms with Crippen LogP contribution in [-0.4, -0.2) is 26.2 Å². The van der Waals surface area contributed by atoms with Gasteiger partial charge in [0.25, 0.3) is 0 Å². The minimum absolute atomic E-state index is 0.274. The van der Waals surface area contributed by atoms with E-state index in [1.165, 1.54) is 32.4 Å². The maximum absolute atomic E-state index is 13.5. The minimum Gasteiger partial charge on any atom is -0.466 e. The number of nitrogens with one attached hydrogen (secondary N) is 1. The van der Waals surface area contributed by atoms with Gasteiger partial charge >= 0.3 is 11.9 Å². The van der Waals surface area contributed by atoms with Crippen molar-refractivity contribution in [3.05, 3.63) is 56.6 Å². The van der Waals surface area contributed by atoms with Crippen molar-refractivity contribution < 1.29 is 23.5 Å². The highest BCUT2D eigenvalue weighted by Crippen LogP contribution is 2.41. The number of esters is 2. The molecule has 0 amide bonds. The van der Waals surface area contributed by atoms with Crippen LogP contribution in [0.4, 0.5) is 4.39 Å². The van der Waals surface area contributed by atoms with Crippen molar-refractivity contribution in [1.82, 2.24) is 5.32 Å². The number of dihydropyridines is 1. The van der Waals surface area contributed by atoms with Crippen LogP contribution >= 0.6 is 15.9 Å². The van der Waals surface area contributed by atoms with E-state index >= 15 is 0 Å². The monoisotopic (exact) mass is 397 g/mol. The topological polar surface area (TPSA) is 64.6 Å². The van der Waals surface area contributed by atoms with Crippen molar-refractivity contribution in [1.29, 1.82) is 0 Å². The Morgan fingerprint density at radius 2 is 1.58 bits per heavy atom. The van der Waals surface area contributed by atoms with Crippen molar-refractivity contribution >= 4 is 27.9 Å². The van der Waals surface area contributed by atoms with Crippen LogP contribution in [0.25, 0.3) is 0 Å². The van der Waals surface area contributed by atoms with Gasteiger partial charge in [-0.05, 0) is 31.5 Å². The van der Waals surface area contributed by atoms with Crippen molar-refractivity contribution in [2.24, 2.45) is 0 Å². The molecule has 1 aromatic carbocycles. The molecule has 2 rings (SSSR count). The third kappa shape index (κ3) is 3.21. The molecule has 1 aliphatic heterocycles. The summed E-state index contributed by atoms with van der Waals surface area (Å²) in [5.74, 6) is -2.31. The third-order valence-corrected chi connectivity index (χ3v) is 4.53. The van der Waals surface area contributed by atoms with E-state index in [1.54, 1.807) is 13.8 Å². The predicted molar refractivity (Wildman–Crippen MR) is 89.4 cm³/mol. The van der Waals surface area contributed by atoms with Crippen LogP contribution in [0, 0.1) is 5.82 Å². The van der Waals surface area contributed by atoms with Crippen molar-refractivity contribution in [2.45, 2.75) is 19.8 Å². The maximum Gasteiger partial charge on any atom is 0.336 e. The van der Waals surface area contributed by atoms with Crippen LogP contribution < -0.4 is 5.32 Å². The molecule has 1 aliphatic rings.